The number of sulfonamides is 1. The van der Waals surface area contributed by atoms with Crippen molar-refractivity contribution in [1.82, 2.24) is 4.31 Å². The molecule has 34 heavy (non-hydrogen) atoms. The number of rotatable bonds is 8. The van der Waals surface area contributed by atoms with Crippen LogP contribution in [0.25, 0.3) is 0 Å². The van der Waals surface area contributed by atoms with Crippen LogP contribution in [0.4, 0.5) is 18.9 Å². The van der Waals surface area contributed by atoms with Gasteiger partial charge in [0.25, 0.3) is 0 Å². The molecule has 0 aliphatic rings. The minimum absolute atomic E-state index is 0.211. The minimum atomic E-state index is -4.71. The van der Waals surface area contributed by atoms with Gasteiger partial charge in [-0.25, -0.2) is 8.42 Å². The van der Waals surface area contributed by atoms with Gasteiger partial charge in [-0.3, -0.25) is 4.79 Å². The zero-order chi connectivity index (χ0) is 24.9. The van der Waals surface area contributed by atoms with Crippen LogP contribution in [0.2, 0.25) is 0 Å². The van der Waals surface area contributed by atoms with Crippen molar-refractivity contribution in [2.24, 2.45) is 0 Å². The summed E-state index contributed by atoms with van der Waals surface area (Å²) < 4.78 is 72.3. The maximum absolute atomic E-state index is 13.3. The molecule has 10 heteroatoms. The summed E-state index contributed by atoms with van der Waals surface area (Å²) >= 11 is 0. The Morgan fingerprint density at radius 1 is 1.00 bits per heavy atom. The number of carbonyl (C=O) groups excluding carboxylic acids is 1. The molecule has 3 aromatic carbocycles. The minimum Gasteiger partial charge on any atom is -0.495 e. The Morgan fingerprint density at radius 3 is 2.35 bits per heavy atom. The van der Waals surface area contributed by atoms with Crippen molar-refractivity contribution in [3.63, 3.8) is 0 Å². The number of methoxy groups -OCH3 is 1. The van der Waals surface area contributed by atoms with E-state index in [-0.39, 0.29) is 6.54 Å². The Labute approximate surface area is 196 Å². The molecule has 0 bridgehead atoms. The first kappa shape index (κ1) is 25.3. The molecule has 0 heterocycles. The quantitative estimate of drug-likeness (QED) is 0.488. The highest BCUT2D eigenvalue weighted by Gasteiger charge is 2.33. The van der Waals surface area contributed by atoms with Gasteiger partial charge in [-0.05, 0) is 48.4 Å². The normalized spacial score (nSPS) is 11.9. The van der Waals surface area contributed by atoms with Crippen LogP contribution < -0.4 is 10.1 Å². The zero-order valence-corrected chi connectivity index (χ0v) is 19.3. The van der Waals surface area contributed by atoms with Crippen LogP contribution in [0.5, 0.6) is 5.75 Å². The first-order valence-electron chi connectivity index (χ1n) is 10.2. The lowest BCUT2D eigenvalue weighted by atomic mass is 10.2. The number of nitrogens with zero attached hydrogens (tertiary/aromatic N) is 1. The summed E-state index contributed by atoms with van der Waals surface area (Å²) in [5, 5.41) is 2.63. The van der Waals surface area contributed by atoms with E-state index in [1.807, 2.05) is 6.92 Å². The van der Waals surface area contributed by atoms with E-state index < -0.39 is 39.1 Å². The average molecular weight is 493 g/mol. The van der Waals surface area contributed by atoms with Crippen molar-refractivity contribution in [3.8, 4) is 5.75 Å². The van der Waals surface area contributed by atoms with Gasteiger partial charge < -0.3 is 10.1 Å². The van der Waals surface area contributed by atoms with Gasteiger partial charge in [0.05, 0.1) is 29.8 Å². The summed E-state index contributed by atoms with van der Waals surface area (Å²) in [7, 11) is -3.02. The fourth-order valence-electron chi connectivity index (χ4n) is 3.26. The van der Waals surface area contributed by atoms with Crippen LogP contribution in [0.1, 0.15) is 16.7 Å². The highest BCUT2D eigenvalue weighted by atomic mass is 32.2. The molecule has 0 radical (unpaired) electrons. The molecule has 3 aromatic rings. The highest BCUT2D eigenvalue weighted by molar-refractivity contribution is 7.89. The van der Waals surface area contributed by atoms with E-state index in [0.29, 0.717) is 23.1 Å². The van der Waals surface area contributed by atoms with Crippen molar-refractivity contribution in [1.29, 1.82) is 0 Å². The number of nitrogens with one attached hydrogen (secondary N) is 1. The molecule has 1 N–H and O–H groups in total. The smallest absolute Gasteiger partial charge is 0.416 e. The molecule has 0 atom stereocenters. The Balaban J connectivity index is 1.94. The first-order valence-corrected chi connectivity index (χ1v) is 11.6. The second-order valence-electron chi connectivity index (χ2n) is 7.54. The summed E-state index contributed by atoms with van der Waals surface area (Å²) in [6.07, 6.45) is -4.71. The molecule has 6 nitrogen and oxygen atoms in total. The first-order chi connectivity index (χ1) is 16.0. The number of benzene rings is 3. The Kier molecular flexibility index (Phi) is 7.63. The monoisotopic (exact) mass is 492 g/mol. The molecule has 1 amide bonds. The number of ether oxygens (including phenoxy) is 1. The number of anilines is 1. The van der Waals surface area contributed by atoms with Gasteiger partial charge in [-0.1, -0.05) is 42.5 Å². The number of alkyl halides is 3. The molecule has 0 aliphatic carbocycles. The zero-order valence-electron chi connectivity index (χ0n) is 18.5. The average Bonchev–Trinajstić information content (AvgIpc) is 2.79. The lowest BCUT2D eigenvalue weighted by Gasteiger charge is -2.23. The predicted molar refractivity (Wildman–Crippen MR) is 122 cm³/mol. The summed E-state index contributed by atoms with van der Waals surface area (Å²) in [5.74, 6) is -0.287. The Morgan fingerprint density at radius 2 is 1.71 bits per heavy atom. The van der Waals surface area contributed by atoms with E-state index >= 15 is 0 Å². The van der Waals surface area contributed by atoms with Crippen molar-refractivity contribution in [2.75, 3.05) is 19.0 Å². The summed E-state index contributed by atoms with van der Waals surface area (Å²) in [5.41, 5.74) is 0.665. The molecule has 0 saturated carbocycles. The predicted octanol–water partition coefficient (Wildman–Crippen LogP) is 4.85. The Hall–Kier alpha value is -3.37. The third-order valence-electron chi connectivity index (χ3n) is 4.95. The number of halogens is 3. The molecule has 0 saturated heterocycles. The molecular formula is C24H23F3N2O4S. The van der Waals surface area contributed by atoms with Crippen molar-refractivity contribution < 1.29 is 31.1 Å². The molecule has 0 aromatic heterocycles. The molecule has 0 aliphatic heterocycles. The van der Waals surface area contributed by atoms with Gasteiger partial charge in [-0.15, -0.1) is 0 Å². The van der Waals surface area contributed by atoms with Gasteiger partial charge in [0.15, 0.2) is 0 Å². The van der Waals surface area contributed by atoms with Crippen molar-refractivity contribution in [2.45, 2.75) is 24.5 Å². The maximum atomic E-state index is 13.3. The van der Waals surface area contributed by atoms with Crippen LogP contribution >= 0.6 is 0 Å². The molecule has 0 spiro atoms. The number of hydrogen-bond donors (Lipinski definition) is 1. The molecule has 3 rings (SSSR count). The van der Waals surface area contributed by atoms with Gasteiger partial charge in [0, 0.05) is 6.54 Å². The van der Waals surface area contributed by atoms with Gasteiger partial charge >= 0.3 is 6.18 Å². The van der Waals surface area contributed by atoms with E-state index in [4.69, 9.17) is 4.74 Å². The summed E-state index contributed by atoms with van der Waals surface area (Å²) in [6, 6.07) is 17.0. The van der Waals surface area contributed by atoms with Crippen LogP contribution in [-0.4, -0.2) is 32.3 Å². The summed E-state index contributed by atoms with van der Waals surface area (Å²) in [4.78, 5) is 12.3. The number of hydrogen-bond acceptors (Lipinski definition) is 4. The fourth-order valence-corrected chi connectivity index (χ4v) is 4.70. The number of aryl methyl sites for hydroxylation is 1. The largest absolute Gasteiger partial charge is 0.495 e. The molecule has 180 valence electrons. The van der Waals surface area contributed by atoms with E-state index in [0.717, 1.165) is 28.1 Å². The lowest BCUT2D eigenvalue weighted by Crippen LogP contribution is -2.37. The molecule has 0 unspecified atom stereocenters. The van der Waals surface area contributed by atoms with Gasteiger partial charge in [0.2, 0.25) is 15.9 Å². The van der Waals surface area contributed by atoms with Gasteiger partial charge in [0.1, 0.15) is 5.75 Å². The Bertz CT molecular complexity index is 1260. The second kappa shape index (κ2) is 10.3. The van der Waals surface area contributed by atoms with Crippen molar-refractivity contribution in [3.05, 3.63) is 89.5 Å². The SMILES string of the molecule is COc1ccc(C)cc1NC(=O)CN(Cc1ccccc1)S(=O)(=O)c1cccc(C(F)(F)F)c1. The van der Waals surface area contributed by atoms with Crippen LogP contribution in [0, 0.1) is 6.92 Å². The van der Waals surface area contributed by atoms with Crippen LogP contribution in [0.3, 0.4) is 0 Å². The lowest BCUT2D eigenvalue weighted by molar-refractivity contribution is -0.137. The highest BCUT2D eigenvalue weighted by Crippen LogP contribution is 2.31. The molecular weight excluding hydrogens is 469 g/mol. The van der Waals surface area contributed by atoms with Gasteiger partial charge in [-0.2, -0.15) is 17.5 Å². The van der Waals surface area contributed by atoms with Crippen molar-refractivity contribution >= 4 is 21.6 Å². The van der Waals surface area contributed by atoms with E-state index in [1.54, 1.807) is 48.5 Å². The second-order valence-corrected chi connectivity index (χ2v) is 9.47. The standard InChI is InChI=1S/C24H23F3N2O4S/c1-17-11-12-22(33-2)21(13-17)28-23(30)16-29(15-18-7-4-3-5-8-18)34(31,32)20-10-6-9-19(14-20)24(25,26)27/h3-14H,15-16H2,1-2H3,(H,28,30). The topological polar surface area (TPSA) is 75.7 Å². The van der Waals surface area contributed by atoms with E-state index in [1.165, 1.54) is 7.11 Å². The third kappa shape index (κ3) is 6.15. The van der Waals surface area contributed by atoms with E-state index in [9.17, 15) is 26.4 Å². The van der Waals surface area contributed by atoms with Crippen LogP contribution in [0.15, 0.2) is 77.7 Å². The number of carbonyl (C=O) groups is 1. The number of amides is 1. The fraction of sp³-hybridized carbons (Fsp3) is 0.208. The van der Waals surface area contributed by atoms with E-state index in [2.05, 4.69) is 5.32 Å². The van der Waals surface area contributed by atoms with Crippen LogP contribution in [-0.2, 0) is 27.5 Å². The summed E-state index contributed by atoms with van der Waals surface area (Å²) in [6.45, 7) is 0.983. The maximum Gasteiger partial charge on any atom is 0.416 e. The molecule has 0 fully saturated rings. The third-order valence-corrected chi connectivity index (χ3v) is 6.74.